The highest BCUT2D eigenvalue weighted by atomic mass is 32.1. The molecule has 132 valence electrons. The lowest BCUT2D eigenvalue weighted by atomic mass is 10.1. The summed E-state index contributed by atoms with van der Waals surface area (Å²) in [4.78, 5) is 16.7. The summed E-state index contributed by atoms with van der Waals surface area (Å²) in [5.41, 5.74) is 4.17. The zero-order chi connectivity index (χ0) is 18.0. The van der Waals surface area contributed by atoms with Gasteiger partial charge in [-0.25, -0.2) is 9.50 Å². The van der Waals surface area contributed by atoms with Crippen molar-refractivity contribution >= 4 is 22.3 Å². The number of aromatic nitrogens is 3. The molecule has 0 bridgehead atoms. The van der Waals surface area contributed by atoms with Crippen molar-refractivity contribution in [3.8, 4) is 5.75 Å². The highest BCUT2D eigenvalue weighted by Gasteiger charge is 2.09. The highest BCUT2D eigenvalue weighted by Crippen LogP contribution is 2.25. The van der Waals surface area contributed by atoms with Crippen molar-refractivity contribution < 1.29 is 9.53 Å². The zero-order valence-electron chi connectivity index (χ0n) is 14.9. The Kier molecular flexibility index (Phi) is 5.15. The summed E-state index contributed by atoms with van der Waals surface area (Å²) in [6, 6.07) is 4.11. The molecule has 0 saturated heterocycles. The van der Waals surface area contributed by atoms with Crippen molar-refractivity contribution in [3.05, 3.63) is 45.7 Å². The van der Waals surface area contributed by atoms with Crippen molar-refractivity contribution in [2.24, 2.45) is 0 Å². The van der Waals surface area contributed by atoms with E-state index < -0.39 is 0 Å². The lowest BCUT2D eigenvalue weighted by Gasteiger charge is -2.12. The third kappa shape index (κ3) is 4.24. The van der Waals surface area contributed by atoms with E-state index in [0.29, 0.717) is 5.75 Å². The molecular weight excluding hydrogens is 336 g/mol. The van der Waals surface area contributed by atoms with E-state index in [-0.39, 0.29) is 5.97 Å². The van der Waals surface area contributed by atoms with Crippen LogP contribution in [0.5, 0.6) is 5.75 Å². The Labute approximate surface area is 150 Å². The van der Waals surface area contributed by atoms with Crippen molar-refractivity contribution in [1.82, 2.24) is 19.9 Å². The van der Waals surface area contributed by atoms with E-state index in [4.69, 9.17) is 4.74 Å². The molecule has 0 aliphatic heterocycles. The Morgan fingerprint density at radius 3 is 2.64 bits per heavy atom. The van der Waals surface area contributed by atoms with Crippen molar-refractivity contribution in [2.45, 2.75) is 40.7 Å². The molecule has 0 saturated carbocycles. The van der Waals surface area contributed by atoms with Crippen molar-refractivity contribution in [2.75, 3.05) is 6.54 Å². The normalized spacial score (nSPS) is 11.2. The molecule has 0 spiro atoms. The summed E-state index contributed by atoms with van der Waals surface area (Å²) in [5.74, 6) is 0.374. The van der Waals surface area contributed by atoms with Crippen LogP contribution >= 0.6 is 11.3 Å². The third-order valence-corrected chi connectivity index (χ3v) is 4.69. The number of nitrogens with zero attached hydrogens (tertiary/aromatic N) is 3. The molecule has 0 fully saturated rings. The fourth-order valence-corrected chi connectivity index (χ4v) is 3.60. The molecule has 3 rings (SSSR count). The topological polar surface area (TPSA) is 68.5 Å². The Balaban J connectivity index is 1.54. The quantitative estimate of drug-likeness (QED) is 0.417. The van der Waals surface area contributed by atoms with Gasteiger partial charge in [0.05, 0.1) is 11.9 Å². The van der Waals surface area contributed by atoms with Gasteiger partial charge >= 0.3 is 5.97 Å². The predicted molar refractivity (Wildman–Crippen MR) is 98.2 cm³/mol. The van der Waals surface area contributed by atoms with E-state index in [2.05, 4.69) is 27.5 Å². The van der Waals surface area contributed by atoms with Crippen LogP contribution in [0.2, 0.25) is 0 Å². The number of carbonyl (C=O) groups excluding carboxylic acids is 1. The Bertz CT molecular complexity index is 859. The number of aryl methyl sites for hydroxylation is 3. The molecule has 25 heavy (non-hydrogen) atoms. The monoisotopic (exact) mass is 358 g/mol. The van der Waals surface area contributed by atoms with Gasteiger partial charge in [-0.3, -0.25) is 4.79 Å². The molecule has 7 heteroatoms. The first-order chi connectivity index (χ1) is 11.9. The molecule has 0 aliphatic carbocycles. The highest BCUT2D eigenvalue weighted by molar-refractivity contribution is 7.16. The van der Waals surface area contributed by atoms with E-state index in [0.717, 1.165) is 46.3 Å². The minimum absolute atomic E-state index is 0.290. The van der Waals surface area contributed by atoms with Crippen LogP contribution in [-0.4, -0.2) is 27.1 Å². The lowest BCUT2D eigenvalue weighted by molar-refractivity contribution is -0.131. The summed E-state index contributed by atoms with van der Waals surface area (Å²) < 4.78 is 7.11. The molecule has 0 unspecified atom stereocenters. The van der Waals surface area contributed by atoms with Crippen LogP contribution in [0.4, 0.5) is 0 Å². The van der Waals surface area contributed by atoms with Gasteiger partial charge in [0.15, 0.2) is 0 Å². The first-order valence-corrected chi connectivity index (χ1v) is 9.05. The smallest absolute Gasteiger partial charge is 0.308 e. The number of hydrogen-bond donors (Lipinski definition) is 1. The van der Waals surface area contributed by atoms with Crippen LogP contribution in [0.3, 0.4) is 0 Å². The molecule has 2 heterocycles. The maximum atomic E-state index is 11.2. The van der Waals surface area contributed by atoms with Crippen LogP contribution in [0, 0.1) is 20.8 Å². The van der Waals surface area contributed by atoms with Crippen LogP contribution in [0.25, 0.3) is 4.96 Å². The molecule has 2 aromatic heterocycles. The number of rotatable bonds is 6. The fraction of sp³-hybridized carbons (Fsp3) is 0.389. The first kappa shape index (κ1) is 17.6. The van der Waals surface area contributed by atoms with Gasteiger partial charge in [-0.1, -0.05) is 23.5 Å². The average molecular weight is 358 g/mol. The van der Waals surface area contributed by atoms with Crippen LogP contribution in [0.15, 0.2) is 18.3 Å². The molecule has 1 aromatic carbocycles. The number of hydrogen-bond acceptors (Lipinski definition) is 6. The minimum atomic E-state index is -0.290. The summed E-state index contributed by atoms with van der Waals surface area (Å²) in [5, 5.41) is 8.84. The van der Waals surface area contributed by atoms with Gasteiger partial charge in [-0.15, -0.1) is 0 Å². The number of ether oxygens (including phenoxy) is 1. The molecule has 1 N–H and O–H groups in total. The standard InChI is InChI=1S/C18H22N4O2S/c1-11-7-15(8-12(2)17(11)24-14(4)23)9-19-6-5-16-10-22-18(20-16)25-13(3)21-22/h7-8,10,19H,5-6,9H2,1-4H3. The number of imidazole rings is 1. The van der Waals surface area contributed by atoms with Crippen molar-refractivity contribution in [3.63, 3.8) is 0 Å². The third-order valence-electron chi connectivity index (χ3n) is 3.85. The van der Waals surface area contributed by atoms with Gasteiger partial charge < -0.3 is 10.1 Å². The van der Waals surface area contributed by atoms with E-state index >= 15 is 0 Å². The summed E-state index contributed by atoms with van der Waals surface area (Å²) in [6.07, 6.45) is 2.85. The largest absolute Gasteiger partial charge is 0.426 e. The number of fused-ring (bicyclic) bond motifs is 1. The first-order valence-electron chi connectivity index (χ1n) is 8.23. The van der Waals surface area contributed by atoms with Gasteiger partial charge in [0.1, 0.15) is 10.8 Å². The zero-order valence-corrected chi connectivity index (χ0v) is 15.7. The fourth-order valence-electron chi connectivity index (χ4n) is 2.86. The molecule has 6 nitrogen and oxygen atoms in total. The van der Waals surface area contributed by atoms with Gasteiger partial charge in [0.2, 0.25) is 4.96 Å². The van der Waals surface area contributed by atoms with Gasteiger partial charge in [-0.2, -0.15) is 5.10 Å². The Morgan fingerprint density at radius 1 is 1.28 bits per heavy atom. The molecular formula is C18H22N4O2S. The van der Waals surface area contributed by atoms with Crippen LogP contribution in [0.1, 0.15) is 34.3 Å². The van der Waals surface area contributed by atoms with Gasteiger partial charge in [0, 0.05) is 26.4 Å². The maximum Gasteiger partial charge on any atom is 0.308 e. The maximum absolute atomic E-state index is 11.2. The van der Waals surface area contributed by atoms with Gasteiger partial charge in [0.25, 0.3) is 0 Å². The van der Waals surface area contributed by atoms with Crippen LogP contribution in [-0.2, 0) is 17.8 Å². The van der Waals surface area contributed by atoms with Crippen LogP contribution < -0.4 is 10.1 Å². The predicted octanol–water partition coefficient (Wildman–Crippen LogP) is 2.97. The number of benzene rings is 1. The van der Waals surface area contributed by atoms with E-state index in [9.17, 15) is 4.79 Å². The molecule has 0 radical (unpaired) electrons. The second-order valence-electron chi connectivity index (χ2n) is 6.16. The Morgan fingerprint density at radius 2 is 2.00 bits per heavy atom. The van der Waals surface area contributed by atoms with E-state index in [1.807, 2.05) is 31.5 Å². The molecule has 3 aromatic rings. The lowest BCUT2D eigenvalue weighted by Crippen LogP contribution is -2.17. The molecule has 0 aliphatic rings. The molecule has 0 amide bonds. The number of carbonyl (C=O) groups is 1. The van der Waals surface area contributed by atoms with E-state index in [1.54, 1.807) is 11.3 Å². The summed E-state index contributed by atoms with van der Waals surface area (Å²) >= 11 is 1.60. The van der Waals surface area contributed by atoms with Gasteiger partial charge in [-0.05, 0) is 37.5 Å². The van der Waals surface area contributed by atoms with Crippen molar-refractivity contribution in [1.29, 1.82) is 0 Å². The Hall–Kier alpha value is -2.25. The number of esters is 1. The summed E-state index contributed by atoms with van der Waals surface area (Å²) in [6.45, 7) is 8.93. The molecule has 0 atom stereocenters. The van der Waals surface area contributed by atoms with E-state index in [1.165, 1.54) is 12.5 Å². The second-order valence-corrected chi connectivity index (χ2v) is 7.32. The second kappa shape index (κ2) is 7.33. The SMILES string of the molecule is CC(=O)Oc1c(C)cc(CNCCc2cn3nc(C)sc3n2)cc1C. The number of nitrogens with one attached hydrogen (secondary N) is 1. The minimum Gasteiger partial charge on any atom is -0.426 e. The summed E-state index contributed by atoms with van der Waals surface area (Å²) in [7, 11) is 0. The average Bonchev–Trinajstić information content (AvgIpc) is 3.04.